The molecule has 1 aliphatic heterocycles. The third-order valence-corrected chi connectivity index (χ3v) is 5.50. The summed E-state index contributed by atoms with van der Waals surface area (Å²) in [6.45, 7) is 12.3. The van der Waals surface area contributed by atoms with Crippen LogP contribution >= 0.6 is 0 Å². The molecule has 2 heterocycles. The number of nitrogens with one attached hydrogen (secondary N) is 2. The van der Waals surface area contributed by atoms with E-state index in [0.29, 0.717) is 18.8 Å². The molecule has 0 unspecified atom stereocenters. The molecule has 184 valence electrons. The quantitative estimate of drug-likeness (QED) is 0.676. The second kappa shape index (κ2) is 10.6. The van der Waals surface area contributed by atoms with Crippen molar-refractivity contribution in [1.29, 1.82) is 0 Å². The van der Waals surface area contributed by atoms with Crippen molar-refractivity contribution in [3.63, 3.8) is 0 Å². The van der Waals surface area contributed by atoms with Crippen molar-refractivity contribution in [3.05, 3.63) is 48.4 Å². The maximum Gasteiger partial charge on any atom is 0.317 e. The number of rotatable bonds is 6. The van der Waals surface area contributed by atoms with Crippen molar-refractivity contribution in [2.75, 3.05) is 42.9 Å². The first-order valence-electron chi connectivity index (χ1n) is 11.6. The van der Waals surface area contributed by atoms with Crippen molar-refractivity contribution in [2.24, 2.45) is 0 Å². The van der Waals surface area contributed by atoms with Gasteiger partial charge in [-0.2, -0.15) is 0 Å². The molecule has 1 saturated heterocycles. The molecular weight excluding hydrogens is 434 g/mol. The van der Waals surface area contributed by atoms with Crippen LogP contribution in [0.1, 0.15) is 45.2 Å². The molecule has 3 rings (SSSR count). The van der Waals surface area contributed by atoms with E-state index in [1.165, 1.54) is 11.2 Å². The van der Waals surface area contributed by atoms with Gasteiger partial charge in [-0.15, -0.1) is 0 Å². The van der Waals surface area contributed by atoms with Gasteiger partial charge in [0.25, 0.3) is 5.91 Å². The Kier molecular flexibility index (Phi) is 7.86. The van der Waals surface area contributed by atoms with Crippen LogP contribution in [-0.2, 0) is 4.79 Å². The molecular formula is C25H35N5O4. The lowest BCUT2D eigenvalue weighted by molar-refractivity contribution is -0.117. The fraction of sp³-hybridized carbons (Fsp3) is 0.480. The van der Waals surface area contributed by atoms with E-state index >= 15 is 0 Å². The first kappa shape index (κ1) is 25.1. The van der Waals surface area contributed by atoms with Gasteiger partial charge in [0, 0.05) is 49.1 Å². The summed E-state index contributed by atoms with van der Waals surface area (Å²) in [5.74, 6) is -0.387. The van der Waals surface area contributed by atoms with Gasteiger partial charge >= 0.3 is 6.03 Å². The Morgan fingerprint density at radius 1 is 1.03 bits per heavy atom. The van der Waals surface area contributed by atoms with Crippen molar-refractivity contribution in [1.82, 2.24) is 15.1 Å². The summed E-state index contributed by atoms with van der Waals surface area (Å²) in [7, 11) is 0. The molecule has 1 aromatic heterocycles. The summed E-state index contributed by atoms with van der Waals surface area (Å²) < 4.78 is 5.19. The normalized spacial score (nSPS) is 14.2. The van der Waals surface area contributed by atoms with Crippen LogP contribution < -0.4 is 15.5 Å². The number of hydrogen-bond acceptors (Lipinski definition) is 5. The Balaban J connectivity index is 1.52. The van der Waals surface area contributed by atoms with Crippen LogP contribution in [0.2, 0.25) is 0 Å². The second-order valence-electron chi connectivity index (χ2n) is 9.75. The smallest absolute Gasteiger partial charge is 0.317 e. The van der Waals surface area contributed by atoms with E-state index in [2.05, 4.69) is 15.5 Å². The van der Waals surface area contributed by atoms with Crippen molar-refractivity contribution in [2.45, 2.75) is 46.2 Å². The zero-order valence-corrected chi connectivity index (χ0v) is 20.6. The third-order valence-electron chi connectivity index (χ3n) is 5.50. The molecule has 9 heteroatoms. The topological polar surface area (TPSA) is 98.1 Å². The molecule has 1 fully saturated rings. The van der Waals surface area contributed by atoms with E-state index in [1.807, 2.05) is 63.8 Å². The highest BCUT2D eigenvalue weighted by molar-refractivity contribution is 5.98. The zero-order chi connectivity index (χ0) is 24.9. The van der Waals surface area contributed by atoms with Crippen LogP contribution in [0.25, 0.3) is 0 Å². The molecule has 0 aliphatic carbocycles. The van der Waals surface area contributed by atoms with Crippen LogP contribution in [0.4, 0.5) is 16.2 Å². The van der Waals surface area contributed by atoms with Crippen LogP contribution in [-0.4, -0.2) is 71.9 Å². The van der Waals surface area contributed by atoms with Crippen molar-refractivity contribution in [3.8, 4) is 0 Å². The fourth-order valence-electron chi connectivity index (χ4n) is 3.71. The van der Waals surface area contributed by atoms with Gasteiger partial charge in [0.1, 0.15) is 6.54 Å². The number of furan rings is 1. The average molecular weight is 470 g/mol. The van der Waals surface area contributed by atoms with Gasteiger partial charge in [0.2, 0.25) is 5.91 Å². The van der Waals surface area contributed by atoms with Gasteiger partial charge in [-0.3, -0.25) is 9.59 Å². The molecule has 0 radical (unpaired) electrons. The van der Waals surface area contributed by atoms with Gasteiger partial charge < -0.3 is 29.8 Å². The maximum absolute atomic E-state index is 12.6. The van der Waals surface area contributed by atoms with Crippen LogP contribution in [0, 0.1) is 0 Å². The predicted molar refractivity (Wildman–Crippen MR) is 132 cm³/mol. The van der Waals surface area contributed by atoms with Gasteiger partial charge in [0.15, 0.2) is 5.76 Å². The molecule has 0 bridgehead atoms. The standard InChI is InChI=1S/C25H35N5O4/c1-18(2)30(23(32)21-7-6-16-34-21)17-22(31)26-19-8-10-20(11-9-19)28-12-14-29(15-13-28)24(33)27-25(3,4)5/h6-11,16,18H,12-15,17H2,1-5H3,(H,26,31)(H,27,33). The summed E-state index contributed by atoms with van der Waals surface area (Å²) >= 11 is 0. The van der Waals surface area contributed by atoms with E-state index in [1.54, 1.807) is 12.1 Å². The van der Waals surface area contributed by atoms with E-state index in [0.717, 1.165) is 18.8 Å². The lowest BCUT2D eigenvalue weighted by Gasteiger charge is -2.37. The fourth-order valence-corrected chi connectivity index (χ4v) is 3.71. The van der Waals surface area contributed by atoms with E-state index in [-0.39, 0.29) is 41.7 Å². The monoisotopic (exact) mass is 469 g/mol. The highest BCUT2D eigenvalue weighted by Crippen LogP contribution is 2.20. The summed E-state index contributed by atoms with van der Waals surface area (Å²) in [6.07, 6.45) is 1.44. The first-order valence-corrected chi connectivity index (χ1v) is 11.6. The lowest BCUT2D eigenvalue weighted by atomic mass is 10.1. The number of nitrogens with zero attached hydrogens (tertiary/aromatic N) is 3. The van der Waals surface area contributed by atoms with Gasteiger partial charge in [0.05, 0.1) is 6.26 Å². The Morgan fingerprint density at radius 3 is 2.21 bits per heavy atom. The van der Waals surface area contributed by atoms with Crippen LogP contribution in [0.15, 0.2) is 47.1 Å². The van der Waals surface area contributed by atoms with E-state index in [4.69, 9.17) is 4.42 Å². The minimum absolute atomic E-state index is 0.0359. The SMILES string of the molecule is CC(C)N(CC(=O)Nc1ccc(N2CCN(C(=O)NC(C)(C)C)CC2)cc1)C(=O)c1ccco1. The second-order valence-corrected chi connectivity index (χ2v) is 9.75. The first-order chi connectivity index (χ1) is 16.0. The minimum Gasteiger partial charge on any atom is -0.459 e. The zero-order valence-electron chi connectivity index (χ0n) is 20.6. The molecule has 1 aliphatic rings. The maximum atomic E-state index is 12.6. The molecule has 1 aromatic carbocycles. The Bertz CT molecular complexity index is 972. The summed E-state index contributed by atoms with van der Waals surface area (Å²) in [5.41, 5.74) is 1.43. The molecule has 2 aromatic rings. The summed E-state index contributed by atoms with van der Waals surface area (Å²) in [5, 5.41) is 5.86. The Hall–Kier alpha value is -3.49. The number of anilines is 2. The number of benzene rings is 1. The van der Waals surface area contributed by atoms with Gasteiger partial charge in [-0.1, -0.05) is 0 Å². The highest BCUT2D eigenvalue weighted by atomic mass is 16.3. The molecule has 0 spiro atoms. The van der Waals surface area contributed by atoms with Gasteiger partial charge in [-0.05, 0) is 71.0 Å². The van der Waals surface area contributed by atoms with Crippen molar-refractivity contribution < 1.29 is 18.8 Å². The lowest BCUT2D eigenvalue weighted by Crippen LogP contribution is -2.55. The van der Waals surface area contributed by atoms with Gasteiger partial charge in [-0.25, -0.2) is 4.79 Å². The summed E-state index contributed by atoms with van der Waals surface area (Å²) in [4.78, 5) is 43.1. The summed E-state index contributed by atoms with van der Waals surface area (Å²) in [6, 6.07) is 10.6. The Labute approximate surface area is 201 Å². The van der Waals surface area contributed by atoms with E-state index < -0.39 is 0 Å². The number of hydrogen-bond donors (Lipinski definition) is 2. The number of carbonyl (C=O) groups is 3. The minimum atomic E-state index is -0.319. The molecule has 2 N–H and O–H groups in total. The molecule has 4 amide bonds. The molecule has 34 heavy (non-hydrogen) atoms. The highest BCUT2D eigenvalue weighted by Gasteiger charge is 2.25. The predicted octanol–water partition coefficient (Wildman–Crippen LogP) is 3.40. The third kappa shape index (κ3) is 6.76. The number of carbonyl (C=O) groups excluding carboxylic acids is 3. The molecule has 0 atom stereocenters. The molecule has 0 saturated carbocycles. The Morgan fingerprint density at radius 2 is 1.68 bits per heavy atom. The van der Waals surface area contributed by atoms with Crippen molar-refractivity contribution >= 4 is 29.2 Å². The van der Waals surface area contributed by atoms with E-state index in [9.17, 15) is 14.4 Å². The largest absolute Gasteiger partial charge is 0.459 e. The van der Waals surface area contributed by atoms with Crippen LogP contribution in [0.3, 0.4) is 0 Å². The average Bonchev–Trinajstić information content (AvgIpc) is 3.31. The molecule has 9 nitrogen and oxygen atoms in total. The van der Waals surface area contributed by atoms with Crippen LogP contribution in [0.5, 0.6) is 0 Å². The number of piperazine rings is 1. The number of urea groups is 1. The number of amides is 4.